The van der Waals surface area contributed by atoms with Crippen LogP contribution in [-0.2, 0) is 12.8 Å². The van der Waals surface area contributed by atoms with E-state index in [1.54, 1.807) is 7.11 Å². The fourth-order valence-corrected chi connectivity index (χ4v) is 3.93. The van der Waals surface area contributed by atoms with Crippen LogP contribution in [0, 0.1) is 6.92 Å². The second-order valence-electron chi connectivity index (χ2n) is 8.09. The van der Waals surface area contributed by atoms with Crippen molar-refractivity contribution in [2.75, 3.05) is 33.1 Å². The van der Waals surface area contributed by atoms with E-state index in [4.69, 9.17) is 4.74 Å². The number of para-hydroxylation sites is 3. The third kappa shape index (κ3) is 5.06. The average Bonchev–Trinajstić information content (AvgIpc) is 3.21. The maximum atomic E-state index is 5.57. The molecule has 2 N–H and O–H groups in total. The molecule has 0 fully saturated rings. The molecule has 4 rings (SSSR count). The molecule has 7 nitrogen and oxygen atoms in total. The highest BCUT2D eigenvalue weighted by Gasteiger charge is 2.18. The van der Waals surface area contributed by atoms with Gasteiger partial charge in [-0.15, -0.1) is 0 Å². The van der Waals surface area contributed by atoms with Crippen LogP contribution >= 0.6 is 0 Å². The number of benzene rings is 2. The van der Waals surface area contributed by atoms with E-state index in [-0.39, 0.29) is 6.04 Å². The van der Waals surface area contributed by atoms with Gasteiger partial charge in [-0.3, -0.25) is 0 Å². The van der Waals surface area contributed by atoms with E-state index in [0.717, 1.165) is 58.3 Å². The number of hydrogen-bond acceptors (Lipinski definition) is 6. The number of likely N-dealkylation sites (N-methyl/N-ethyl adjacent to an activating group) is 1. The number of nitrogens with zero attached hydrogens (tertiary/aromatic N) is 4. The fraction of sp³-hybridized carbons (Fsp3) is 0.320. The van der Waals surface area contributed by atoms with Gasteiger partial charge >= 0.3 is 0 Å². The van der Waals surface area contributed by atoms with Gasteiger partial charge in [0, 0.05) is 30.3 Å². The lowest BCUT2D eigenvalue weighted by Crippen LogP contribution is -2.27. The van der Waals surface area contributed by atoms with Crippen molar-refractivity contribution in [1.82, 2.24) is 24.8 Å². The largest absolute Gasteiger partial charge is 0.496 e. The van der Waals surface area contributed by atoms with E-state index in [2.05, 4.69) is 50.3 Å². The molecular formula is C25H30N6O. The minimum Gasteiger partial charge on any atom is -0.496 e. The van der Waals surface area contributed by atoms with E-state index in [0.29, 0.717) is 6.54 Å². The van der Waals surface area contributed by atoms with Gasteiger partial charge in [0.2, 0.25) is 0 Å². The zero-order valence-electron chi connectivity index (χ0n) is 19.1. The van der Waals surface area contributed by atoms with Crippen molar-refractivity contribution < 1.29 is 4.74 Å². The van der Waals surface area contributed by atoms with Crippen LogP contribution in [0.15, 0.2) is 54.6 Å². The lowest BCUT2D eigenvalue weighted by molar-refractivity contribution is 0.300. The van der Waals surface area contributed by atoms with Crippen LogP contribution in [0.4, 0.5) is 5.82 Å². The molecule has 0 aliphatic rings. The van der Waals surface area contributed by atoms with Crippen molar-refractivity contribution >= 4 is 16.9 Å². The summed E-state index contributed by atoms with van der Waals surface area (Å²) in [5.41, 5.74) is 4.20. The van der Waals surface area contributed by atoms with Crippen molar-refractivity contribution in [2.24, 2.45) is 0 Å². The first-order valence-electron chi connectivity index (χ1n) is 10.8. The molecule has 166 valence electrons. The Labute approximate surface area is 188 Å². The molecule has 0 aliphatic heterocycles. The van der Waals surface area contributed by atoms with Crippen LogP contribution in [0.3, 0.4) is 0 Å². The maximum Gasteiger partial charge on any atom is 0.129 e. The number of aromatic amines is 1. The maximum absolute atomic E-state index is 5.57. The molecule has 2 heterocycles. The summed E-state index contributed by atoms with van der Waals surface area (Å²) in [5, 5.41) is 3.51. The zero-order valence-corrected chi connectivity index (χ0v) is 19.1. The highest BCUT2D eigenvalue weighted by molar-refractivity contribution is 5.74. The molecule has 2 aromatic carbocycles. The Balaban J connectivity index is 1.45. The highest BCUT2D eigenvalue weighted by Crippen LogP contribution is 2.28. The number of ether oxygens (including phenoxy) is 1. The van der Waals surface area contributed by atoms with E-state index < -0.39 is 0 Å². The Morgan fingerprint density at radius 2 is 1.78 bits per heavy atom. The minimum atomic E-state index is 0.139. The summed E-state index contributed by atoms with van der Waals surface area (Å²) < 4.78 is 5.57. The molecule has 0 aliphatic carbocycles. The molecule has 7 heteroatoms. The van der Waals surface area contributed by atoms with Crippen LogP contribution in [0.5, 0.6) is 5.75 Å². The summed E-state index contributed by atoms with van der Waals surface area (Å²) in [7, 11) is 5.85. The smallest absolute Gasteiger partial charge is 0.129 e. The SMILES string of the molecule is COc1ccccc1C(CNc1cc(CCc2nc3ccccc3[nH]2)nc(C)n1)N(C)C. The molecule has 2 aromatic heterocycles. The van der Waals surface area contributed by atoms with Gasteiger partial charge < -0.3 is 19.9 Å². The Morgan fingerprint density at radius 1 is 1.00 bits per heavy atom. The van der Waals surface area contributed by atoms with Crippen LogP contribution in [0.25, 0.3) is 11.0 Å². The second kappa shape index (κ2) is 9.78. The predicted octanol–water partition coefficient (Wildman–Crippen LogP) is 4.17. The van der Waals surface area contributed by atoms with E-state index in [1.807, 2.05) is 55.5 Å². The number of aryl methyl sites for hydroxylation is 3. The first-order chi connectivity index (χ1) is 15.5. The average molecular weight is 431 g/mol. The van der Waals surface area contributed by atoms with Crippen LogP contribution < -0.4 is 10.1 Å². The Kier molecular flexibility index (Phi) is 6.66. The molecule has 0 spiro atoms. The van der Waals surface area contributed by atoms with Gasteiger partial charge in [-0.05, 0) is 45.6 Å². The number of hydrogen-bond donors (Lipinski definition) is 2. The number of anilines is 1. The topological polar surface area (TPSA) is 79.0 Å². The van der Waals surface area contributed by atoms with Crippen LogP contribution in [0.1, 0.15) is 28.9 Å². The minimum absolute atomic E-state index is 0.139. The predicted molar refractivity (Wildman–Crippen MR) is 128 cm³/mol. The molecule has 0 saturated heterocycles. The molecule has 32 heavy (non-hydrogen) atoms. The number of fused-ring (bicyclic) bond motifs is 1. The standard InChI is InChI=1S/C25H30N6O/c1-17-27-18(13-14-24-29-20-10-6-7-11-21(20)30-24)15-25(28-17)26-16-22(31(2)3)19-9-5-8-12-23(19)32-4/h5-12,15,22H,13-14,16H2,1-4H3,(H,29,30)(H,26,27,28). The quantitative estimate of drug-likeness (QED) is 0.415. The van der Waals surface area contributed by atoms with Gasteiger partial charge in [0.05, 0.1) is 24.2 Å². The lowest BCUT2D eigenvalue weighted by Gasteiger charge is -2.26. The zero-order chi connectivity index (χ0) is 22.5. The third-order valence-corrected chi connectivity index (χ3v) is 5.55. The van der Waals surface area contributed by atoms with Gasteiger partial charge in [-0.2, -0.15) is 0 Å². The van der Waals surface area contributed by atoms with Gasteiger partial charge in [0.25, 0.3) is 0 Å². The van der Waals surface area contributed by atoms with Crippen molar-refractivity contribution in [2.45, 2.75) is 25.8 Å². The summed E-state index contributed by atoms with van der Waals surface area (Å²) in [4.78, 5) is 19.5. The summed E-state index contributed by atoms with van der Waals surface area (Å²) in [6.07, 6.45) is 1.59. The van der Waals surface area contributed by atoms with Gasteiger partial charge in [-0.1, -0.05) is 30.3 Å². The fourth-order valence-electron chi connectivity index (χ4n) is 3.93. The molecule has 4 aromatic rings. The van der Waals surface area contributed by atoms with Crippen molar-refractivity contribution in [3.63, 3.8) is 0 Å². The first kappa shape index (κ1) is 21.8. The Bertz CT molecular complexity index is 1150. The molecule has 0 saturated carbocycles. The summed E-state index contributed by atoms with van der Waals surface area (Å²) in [6.45, 7) is 2.63. The number of aromatic nitrogens is 4. The van der Waals surface area contributed by atoms with Gasteiger partial charge in [0.15, 0.2) is 0 Å². The lowest BCUT2D eigenvalue weighted by atomic mass is 10.0. The van der Waals surface area contributed by atoms with Crippen LogP contribution in [-0.4, -0.2) is 52.6 Å². The summed E-state index contributed by atoms with van der Waals surface area (Å²) in [6, 6.07) is 18.4. The Morgan fingerprint density at radius 3 is 2.56 bits per heavy atom. The van der Waals surface area contributed by atoms with E-state index >= 15 is 0 Å². The first-order valence-corrected chi connectivity index (χ1v) is 10.8. The second-order valence-corrected chi connectivity index (χ2v) is 8.09. The highest BCUT2D eigenvalue weighted by atomic mass is 16.5. The number of methoxy groups -OCH3 is 1. The monoisotopic (exact) mass is 430 g/mol. The van der Waals surface area contributed by atoms with Gasteiger partial charge in [0.1, 0.15) is 23.2 Å². The third-order valence-electron chi connectivity index (χ3n) is 5.55. The molecule has 0 amide bonds. The van der Waals surface area contributed by atoms with E-state index in [1.165, 1.54) is 0 Å². The van der Waals surface area contributed by atoms with E-state index in [9.17, 15) is 0 Å². The molecular weight excluding hydrogens is 400 g/mol. The number of rotatable bonds is 9. The van der Waals surface area contributed by atoms with Crippen molar-refractivity contribution in [3.05, 3.63) is 77.5 Å². The normalized spacial score (nSPS) is 12.3. The van der Waals surface area contributed by atoms with Crippen molar-refractivity contribution in [1.29, 1.82) is 0 Å². The number of imidazole rings is 1. The van der Waals surface area contributed by atoms with Gasteiger partial charge in [-0.25, -0.2) is 15.0 Å². The number of H-pyrrole nitrogens is 1. The summed E-state index contributed by atoms with van der Waals surface area (Å²) in [5.74, 6) is 3.45. The van der Waals surface area contributed by atoms with Crippen molar-refractivity contribution in [3.8, 4) is 5.75 Å². The molecule has 0 radical (unpaired) electrons. The Hall–Kier alpha value is -3.45. The summed E-state index contributed by atoms with van der Waals surface area (Å²) >= 11 is 0. The van der Waals surface area contributed by atoms with Crippen LogP contribution in [0.2, 0.25) is 0 Å². The number of nitrogens with one attached hydrogen (secondary N) is 2. The molecule has 1 atom stereocenters. The molecule has 1 unspecified atom stereocenters. The molecule has 0 bridgehead atoms.